The second kappa shape index (κ2) is 8.94. The Kier molecular flexibility index (Phi) is 6.03. The van der Waals surface area contributed by atoms with Crippen LogP contribution < -0.4 is 10.2 Å². The fraction of sp³-hybridized carbons (Fsp3) is 0.520. The van der Waals surface area contributed by atoms with Crippen molar-refractivity contribution in [1.82, 2.24) is 10.2 Å². The molecule has 3 fully saturated rings. The van der Waals surface area contributed by atoms with E-state index in [-0.39, 0.29) is 23.9 Å². The quantitative estimate of drug-likeness (QED) is 0.656. The lowest BCUT2D eigenvalue weighted by Gasteiger charge is -2.47. The van der Waals surface area contributed by atoms with E-state index in [0.717, 1.165) is 44.6 Å². The van der Waals surface area contributed by atoms with E-state index in [0.29, 0.717) is 5.69 Å². The van der Waals surface area contributed by atoms with Crippen LogP contribution in [0.4, 0.5) is 14.9 Å². The van der Waals surface area contributed by atoms with E-state index in [1.165, 1.54) is 37.0 Å². The highest BCUT2D eigenvalue weighted by molar-refractivity contribution is 7.07. The van der Waals surface area contributed by atoms with Crippen molar-refractivity contribution < 1.29 is 9.18 Å². The second-order valence-corrected chi connectivity index (χ2v) is 10.2. The molecule has 0 radical (unpaired) electrons. The predicted molar refractivity (Wildman–Crippen MR) is 128 cm³/mol. The van der Waals surface area contributed by atoms with Crippen molar-refractivity contribution in [2.75, 3.05) is 11.4 Å². The van der Waals surface area contributed by atoms with Crippen LogP contribution >= 0.6 is 11.3 Å². The third-order valence-electron chi connectivity index (χ3n) is 7.28. The zero-order valence-corrected chi connectivity index (χ0v) is 19.4. The summed E-state index contributed by atoms with van der Waals surface area (Å²) in [5, 5.41) is 7.43. The molecule has 3 heterocycles. The number of rotatable bonds is 4. The summed E-state index contributed by atoms with van der Waals surface area (Å²) >= 11 is 1.72. The molecule has 2 saturated heterocycles. The Hall–Kier alpha value is -2.25. The molecule has 5 rings (SSSR count). The third-order valence-corrected chi connectivity index (χ3v) is 8.02. The van der Waals surface area contributed by atoms with Gasteiger partial charge in [0.1, 0.15) is 17.2 Å². The van der Waals surface area contributed by atoms with Crippen LogP contribution in [0.15, 0.2) is 46.1 Å². The number of nitrogens with zero attached hydrogens (tertiary/aromatic N) is 3. The third kappa shape index (κ3) is 4.08. The Bertz CT molecular complexity index is 988. The predicted octanol–water partition coefficient (Wildman–Crippen LogP) is 5.57. The van der Waals surface area contributed by atoms with Gasteiger partial charge in [-0.25, -0.2) is 9.18 Å². The van der Waals surface area contributed by atoms with Crippen LogP contribution in [0.25, 0.3) is 0 Å². The maximum Gasteiger partial charge on any atom is 0.328 e. The van der Waals surface area contributed by atoms with E-state index in [1.807, 2.05) is 6.07 Å². The number of piperidine rings is 1. The van der Waals surface area contributed by atoms with E-state index >= 15 is 0 Å². The van der Waals surface area contributed by atoms with Crippen LogP contribution in [0.1, 0.15) is 57.4 Å². The molecule has 1 N–H and O–H groups in total. The maximum absolute atomic E-state index is 14.1. The number of amides is 2. The summed E-state index contributed by atoms with van der Waals surface area (Å²) in [5.41, 5.74) is 1.39. The lowest BCUT2D eigenvalue weighted by molar-refractivity contribution is 0.123. The van der Waals surface area contributed by atoms with Crippen molar-refractivity contribution in [2.24, 2.45) is 4.99 Å². The normalized spacial score (nSPS) is 28.6. The molecular weight excluding hydrogens is 423 g/mol. The molecule has 1 saturated carbocycles. The lowest BCUT2D eigenvalue weighted by atomic mass is 9.81. The summed E-state index contributed by atoms with van der Waals surface area (Å²) in [7, 11) is 0. The number of hydrogen-bond acceptors (Lipinski definition) is 4. The number of benzene rings is 1. The molecule has 2 amide bonds. The number of hydrogen-bond donors (Lipinski definition) is 1. The Balaban J connectivity index is 1.49. The largest absolute Gasteiger partial charge is 0.328 e. The molecule has 7 heteroatoms. The SMILES string of the molecule is CC1CC2(CCN1Cc1ccsc1)C(=NC1CCCCC1)NC(=O)N2c1cccc(F)c1. The number of nitrogens with one attached hydrogen (secondary N) is 1. The molecule has 0 bridgehead atoms. The smallest absolute Gasteiger partial charge is 0.296 e. The summed E-state index contributed by atoms with van der Waals surface area (Å²) < 4.78 is 14.1. The first kappa shape index (κ1) is 21.6. The number of urea groups is 1. The first-order valence-corrected chi connectivity index (χ1v) is 12.7. The second-order valence-electron chi connectivity index (χ2n) is 9.45. The molecule has 1 aliphatic carbocycles. The highest BCUT2D eigenvalue weighted by Gasteiger charge is 2.54. The van der Waals surface area contributed by atoms with Crippen LogP contribution in [0.3, 0.4) is 0 Å². The zero-order chi connectivity index (χ0) is 22.1. The van der Waals surface area contributed by atoms with Gasteiger partial charge in [0, 0.05) is 24.8 Å². The van der Waals surface area contributed by atoms with Gasteiger partial charge in [-0.1, -0.05) is 25.3 Å². The fourth-order valence-corrected chi connectivity index (χ4v) is 6.30. The van der Waals surface area contributed by atoms with Gasteiger partial charge in [-0.05, 0) is 73.2 Å². The Labute approximate surface area is 193 Å². The van der Waals surface area contributed by atoms with Gasteiger partial charge in [-0.2, -0.15) is 11.3 Å². The van der Waals surface area contributed by atoms with Crippen LogP contribution in [-0.2, 0) is 6.54 Å². The average molecular weight is 455 g/mol. The number of carbonyl (C=O) groups is 1. The maximum atomic E-state index is 14.1. The molecule has 5 nitrogen and oxygen atoms in total. The van der Waals surface area contributed by atoms with Crippen LogP contribution in [-0.4, -0.2) is 40.9 Å². The topological polar surface area (TPSA) is 47.9 Å². The highest BCUT2D eigenvalue weighted by atomic mass is 32.1. The van der Waals surface area contributed by atoms with Gasteiger partial charge in [0.05, 0.1) is 6.04 Å². The summed E-state index contributed by atoms with van der Waals surface area (Å²) in [6, 6.07) is 8.92. The Morgan fingerprint density at radius 2 is 2.09 bits per heavy atom. The van der Waals surface area contributed by atoms with Gasteiger partial charge in [-0.3, -0.25) is 20.1 Å². The monoisotopic (exact) mass is 454 g/mol. The minimum atomic E-state index is -0.549. The molecule has 170 valence electrons. The molecule has 1 aromatic heterocycles. The highest BCUT2D eigenvalue weighted by Crippen LogP contribution is 2.41. The van der Waals surface area contributed by atoms with E-state index in [4.69, 9.17) is 4.99 Å². The summed E-state index contributed by atoms with van der Waals surface area (Å²) in [6.07, 6.45) is 7.37. The van der Waals surface area contributed by atoms with Gasteiger partial charge in [0.2, 0.25) is 0 Å². The molecule has 2 aromatic rings. The summed E-state index contributed by atoms with van der Waals surface area (Å²) in [4.78, 5) is 22.7. The van der Waals surface area contributed by atoms with Crippen molar-refractivity contribution in [3.05, 3.63) is 52.5 Å². The van der Waals surface area contributed by atoms with Gasteiger partial charge in [0.25, 0.3) is 0 Å². The number of carbonyl (C=O) groups excluding carboxylic acids is 1. The molecule has 2 atom stereocenters. The van der Waals surface area contributed by atoms with Crippen molar-refractivity contribution in [2.45, 2.75) is 76.0 Å². The number of thiophene rings is 1. The minimum absolute atomic E-state index is 0.191. The van der Waals surface area contributed by atoms with Crippen molar-refractivity contribution in [3.63, 3.8) is 0 Å². The van der Waals surface area contributed by atoms with E-state index in [1.54, 1.807) is 22.3 Å². The molecule has 1 aromatic carbocycles. The fourth-order valence-electron chi connectivity index (χ4n) is 5.64. The number of aliphatic imine (C=N–C) groups is 1. The van der Waals surface area contributed by atoms with Gasteiger partial charge in [-0.15, -0.1) is 0 Å². The van der Waals surface area contributed by atoms with Crippen LogP contribution in [0.5, 0.6) is 0 Å². The van der Waals surface area contributed by atoms with Crippen molar-refractivity contribution >= 4 is 28.9 Å². The van der Waals surface area contributed by atoms with Gasteiger partial charge >= 0.3 is 6.03 Å². The number of halogens is 1. The van der Waals surface area contributed by atoms with Crippen molar-refractivity contribution in [3.8, 4) is 0 Å². The van der Waals surface area contributed by atoms with E-state index in [2.05, 4.69) is 34.0 Å². The van der Waals surface area contributed by atoms with E-state index in [9.17, 15) is 9.18 Å². The zero-order valence-electron chi connectivity index (χ0n) is 18.6. The molecular formula is C25H31FN4OS. The number of anilines is 1. The van der Waals surface area contributed by atoms with Gasteiger partial charge < -0.3 is 0 Å². The Morgan fingerprint density at radius 1 is 1.25 bits per heavy atom. The standard InChI is InChI=1S/C25H31FN4OS/c1-18-15-25(11-12-29(18)16-19-10-13-32-17-19)23(27-21-7-3-2-4-8-21)28-24(31)30(25)22-9-5-6-20(26)14-22/h5-6,9-10,13-14,17-18,21H,2-4,7-8,11-12,15-16H2,1H3,(H,27,28,31). The minimum Gasteiger partial charge on any atom is -0.296 e. The van der Waals surface area contributed by atoms with E-state index < -0.39 is 5.54 Å². The lowest BCUT2D eigenvalue weighted by Crippen LogP contribution is -2.59. The molecule has 32 heavy (non-hydrogen) atoms. The molecule has 1 spiro atoms. The molecule has 3 aliphatic rings. The number of amidine groups is 1. The van der Waals surface area contributed by atoms with Gasteiger partial charge in [0.15, 0.2) is 0 Å². The average Bonchev–Trinajstić information content (AvgIpc) is 3.37. The molecule has 2 unspecified atom stereocenters. The molecule has 2 aliphatic heterocycles. The Morgan fingerprint density at radius 3 is 2.81 bits per heavy atom. The number of likely N-dealkylation sites (tertiary alicyclic amines) is 1. The van der Waals surface area contributed by atoms with Crippen molar-refractivity contribution in [1.29, 1.82) is 0 Å². The van der Waals surface area contributed by atoms with Crippen LogP contribution in [0.2, 0.25) is 0 Å². The summed E-state index contributed by atoms with van der Waals surface area (Å²) in [5.74, 6) is 0.465. The first-order valence-electron chi connectivity index (χ1n) is 11.8. The van der Waals surface area contributed by atoms with Crippen LogP contribution in [0, 0.1) is 5.82 Å². The summed E-state index contributed by atoms with van der Waals surface area (Å²) in [6.45, 7) is 4.01. The first-order chi connectivity index (χ1) is 15.5.